The molecule has 4 nitrogen and oxygen atoms in total. The molecule has 1 rings (SSSR count). The lowest BCUT2D eigenvalue weighted by atomic mass is 10.0. The highest BCUT2D eigenvalue weighted by Crippen LogP contribution is 2.31. The molecule has 0 aliphatic heterocycles. The van der Waals surface area contributed by atoms with Crippen LogP contribution in [0.4, 0.5) is 0 Å². The fraction of sp³-hybridized carbons (Fsp3) is 0.579. The van der Waals surface area contributed by atoms with E-state index in [-0.39, 0.29) is 11.8 Å². The summed E-state index contributed by atoms with van der Waals surface area (Å²) in [6, 6.07) is 3.64. The highest BCUT2D eigenvalue weighted by Gasteiger charge is 2.15. The van der Waals surface area contributed by atoms with Crippen LogP contribution in [-0.2, 0) is 16.0 Å². The lowest BCUT2D eigenvalue weighted by Gasteiger charge is -2.16. The minimum atomic E-state index is -0.148. The van der Waals surface area contributed by atoms with E-state index in [9.17, 15) is 9.59 Å². The number of carbonyl (C=O) groups excluding carboxylic acids is 2. The van der Waals surface area contributed by atoms with Gasteiger partial charge in [-0.1, -0.05) is 13.3 Å². The first-order chi connectivity index (χ1) is 11.5. The summed E-state index contributed by atoms with van der Waals surface area (Å²) in [6.07, 6.45) is 4.75. The van der Waals surface area contributed by atoms with Crippen molar-refractivity contribution in [2.45, 2.75) is 64.2 Å². The summed E-state index contributed by atoms with van der Waals surface area (Å²) >= 11 is 4.50. The van der Waals surface area contributed by atoms with Crippen LogP contribution in [0.2, 0.25) is 0 Å². The van der Waals surface area contributed by atoms with Gasteiger partial charge in [0.25, 0.3) is 0 Å². The molecule has 0 bridgehead atoms. The van der Waals surface area contributed by atoms with Gasteiger partial charge in [-0.25, -0.2) is 0 Å². The normalized spacial score (nSPS) is 10.5. The first-order valence-corrected chi connectivity index (χ1v) is 9.10. The zero-order valence-corrected chi connectivity index (χ0v) is 15.8. The molecule has 0 unspecified atom stereocenters. The molecule has 0 aliphatic carbocycles. The first-order valence-electron chi connectivity index (χ1n) is 8.65. The van der Waals surface area contributed by atoms with Gasteiger partial charge in [-0.3, -0.25) is 9.59 Å². The number of unbranched alkanes of at least 4 members (excludes halogenated alkanes) is 2. The Morgan fingerprint density at radius 2 is 1.88 bits per heavy atom. The summed E-state index contributed by atoms with van der Waals surface area (Å²) in [6.45, 7) is 6.40. The minimum Gasteiger partial charge on any atom is -0.493 e. The van der Waals surface area contributed by atoms with Crippen molar-refractivity contribution in [1.29, 1.82) is 0 Å². The van der Waals surface area contributed by atoms with Gasteiger partial charge in [0, 0.05) is 16.9 Å². The molecule has 0 aliphatic rings. The molecule has 0 heterocycles. The van der Waals surface area contributed by atoms with Gasteiger partial charge in [0.15, 0.2) is 5.78 Å². The Morgan fingerprint density at radius 3 is 2.50 bits per heavy atom. The monoisotopic (exact) mass is 352 g/mol. The zero-order valence-electron chi connectivity index (χ0n) is 14.9. The van der Waals surface area contributed by atoms with Crippen LogP contribution in [0.15, 0.2) is 17.0 Å². The highest BCUT2D eigenvalue weighted by molar-refractivity contribution is 7.80. The van der Waals surface area contributed by atoms with Crippen LogP contribution < -0.4 is 4.74 Å². The quantitative estimate of drug-likeness (QED) is 0.273. The summed E-state index contributed by atoms with van der Waals surface area (Å²) in [5.41, 5.74) is 1.61. The molecular formula is C19H28O4S. The van der Waals surface area contributed by atoms with Crippen LogP contribution in [0.1, 0.15) is 68.8 Å². The molecule has 0 N–H and O–H groups in total. The number of hydrogen-bond acceptors (Lipinski definition) is 5. The number of Topliss-reactive ketones (excluding diaryl/α,β-unsaturated/α-hetero) is 1. The Labute approximate surface area is 150 Å². The molecule has 1 aromatic carbocycles. The predicted octanol–water partition coefficient (Wildman–Crippen LogP) is 4.63. The molecular weight excluding hydrogens is 324 g/mol. The molecule has 0 fully saturated rings. The number of rotatable bonds is 11. The van der Waals surface area contributed by atoms with E-state index in [0.717, 1.165) is 42.6 Å². The van der Waals surface area contributed by atoms with E-state index < -0.39 is 0 Å². The van der Waals surface area contributed by atoms with Crippen LogP contribution in [0, 0.1) is 0 Å². The van der Waals surface area contributed by atoms with Gasteiger partial charge in [-0.15, -0.1) is 12.6 Å². The second-order valence-electron chi connectivity index (χ2n) is 5.71. The van der Waals surface area contributed by atoms with Crippen molar-refractivity contribution in [2.75, 3.05) is 13.2 Å². The number of thiol groups is 1. The zero-order chi connectivity index (χ0) is 17.9. The number of esters is 1. The molecule has 1 aromatic rings. The second kappa shape index (κ2) is 11.1. The molecule has 0 aromatic heterocycles. The van der Waals surface area contributed by atoms with E-state index in [2.05, 4.69) is 19.6 Å². The lowest BCUT2D eigenvalue weighted by Crippen LogP contribution is -2.07. The van der Waals surface area contributed by atoms with Crippen LogP contribution in [0.5, 0.6) is 5.75 Å². The molecule has 134 valence electrons. The van der Waals surface area contributed by atoms with Crippen LogP contribution >= 0.6 is 12.6 Å². The van der Waals surface area contributed by atoms with E-state index in [0.29, 0.717) is 30.9 Å². The van der Waals surface area contributed by atoms with Crippen molar-refractivity contribution in [1.82, 2.24) is 0 Å². The topological polar surface area (TPSA) is 52.6 Å². The summed E-state index contributed by atoms with van der Waals surface area (Å²) < 4.78 is 10.8. The Balaban J connectivity index is 2.58. The average molecular weight is 352 g/mol. The van der Waals surface area contributed by atoms with Crippen LogP contribution in [0.25, 0.3) is 0 Å². The summed E-state index contributed by atoms with van der Waals surface area (Å²) in [5.74, 6) is 0.519. The number of benzene rings is 1. The standard InChI is InChI=1S/C19H28O4S/c1-4-9-16-17(24)12-11-15(14(3)20)19(16)23-13-8-6-7-10-18(21)22-5-2/h11-12,24H,4-10,13H2,1-3H3. The van der Waals surface area contributed by atoms with Crippen molar-refractivity contribution in [3.63, 3.8) is 0 Å². The van der Waals surface area contributed by atoms with Gasteiger partial charge in [0.1, 0.15) is 5.75 Å². The third kappa shape index (κ3) is 6.56. The molecule has 0 spiro atoms. The average Bonchev–Trinajstić information content (AvgIpc) is 2.53. The number of ketones is 1. The fourth-order valence-corrected chi connectivity index (χ4v) is 2.79. The first kappa shape index (κ1) is 20.6. The number of carbonyl (C=O) groups is 2. The van der Waals surface area contributed by atoms with Crippen molar-refractivity contribution in [2.24, 2.45) is 0 Å². The Bertz CT molecular complexity index is 555. The Kier molecular flexibility index (Phi) is 9.53. The number of hydrogen-bond donors (Lipinski definition) is 1. The second-order valence-corrected chi connectivity index (χ2v) is 6.19. The summed E-state index contributed by atoms with van der Waals surface area (Å²) in [7, 11) is 0. The molecule has 0 atom stereocenters. The van der Waals surface area contributed by atoms with Crippen molar-refractivity contribution < 1.29 is 19.1 Å². The predicted molar refractivity (Wildman–Crippen MR) is 98.3 cm³/mol. The maximum atomic E-state index is 11.8. The van der Waals surface area contributed by atoms with Gasteiger partial charge in [0.05, 0.1) is 18.8 Å². The Morgan fingerprint density at radius 1 is 1.12 bits per heavy atom. The number of ether oxygens (including phenoxy) is 2. The van der Waals surface area contributed by atoms with Gasteiger partial charge in [0.2, 0.25) is 0 Å². The molecule has 24 heavy (non-hydrogen) atoms. The van der Waals surface area contributed by atoms with Crippen molar-refractivity contribution >= 4 is 24.4 Å². The van der Waals surface area contributed by atoms with Crippen LogP contribution in [-0.4, -0.2) is 25.0 Å². The third-order valence-electron chi connectivity index (χ3n) is 3.69. The largest absolute Gasteiger partial charge is 0.493 e. The van der Waals surface area contributed by atoms with Gasteiger partial charge in [-0.2, -0.15) is 0 Å². The molecule has 5 heteroatoms. The SMILES string of the molecule is CCCc1c(S)ccc(C(C)=O)c1OCCCCCC(=O)OCC. The van der Waals surface area contributed by atoms with Gasteiger partial charge in [-0.05, 0) is 51.7 Å². The van der Waals surface area contributed by atoms with Crippen molar-refractivity contribution in [3.8, 4) is 5.75 Å². The van der Waals surface area contributed by atoms with E-state index in [1.807, 2.05) is 13.0 Å². The molecule has 0 radical (unpaired) electrons. The van der Waals surface area contributed by atoms with E-state index in [1.165, 1.54) is 0 Å². The van der Waals surface area contributed by atoms with E-state index in [1.54, 1.807) is 13.0 Å². The Hall–Kier alpha value is -1.49. The molecule has 0 saturated carbocycles. The summed E-state index contributed by atoms with van der Waals surface area (Å²) in [4.78, 5) is 24.0. The fourth-order valence-electron chi connectivity index (χ4n) is 2.51. The maximum Gasteiger partial charge on any atom is 0.305 e. The maximum absolute atomic E-state index is 11.8. The van der Waals surface area contributed by atoms with Crippen LogP contribution in [0.3, 0.4) is 0 Å². The van der Waals surface area contributed by atoms with E-state index >= 15 is 0 Å². The lowest BCUT2D eigenvalue weighted by molar-refractivity contribution is -0.143. The summed E-state index contributed by atoms with van der Waals surface area (Å²) in [5, 5.41) is 0. The van der Waals surface area contributed by atoms with Crippen molar-refractivity contribution in [3.05, 3.63) is 23.3 Å². The molecule has 0 amide bonds. The molecule has 0 saturated heterocycles. The smallest absolute Gasteiger partial charge is 0.305 e. The van der Waals surface area contributed by atoms with Gasteiger partial charge >= 0.3 is 5.97 Å². The van der Waals surface area contributed by atoms with E-state index in [4.69, 9.17) is 9.47 Å². The third-order valence-corrected chi connectivity index (χ3v) is 4.11. The highest BCUT2D eigenvalue weighted by atomic mass is 32.1. The minimum absolute atomic E-state index is 0.00185. The van der Waals surface area contributed by atoms with Gasteiger partial charge < -0.3 is 9.47 Å².